The molecule has 0 spiro atoms. The van der Waals surface area contributed by atoms with E-state index in [9.17, 15) is 13.0 Å². The molecule has 0 atom stereocenters. The number of aromatic nitrogens is 2. The Hall–Kier alpha value is -3.60. The summed E-state index contributed by atoms with van der Waals surface area (Å²) in [6, 6.07) is 20.1. The maximum atomic E-state index is 10.4. The molecule has 0 aliphatic rings. The normalized spacial score (nSPS) is 11.2. The number of benzene rings is 2. The summed E-state index contributed by atoms with van der Waals surface area (Å²) in [4.78, 5) is -0.178. The van der Waals surface area contributed by atoms with E-state index in [2.05, 4.69) is 63.2 Å². The first-order valence-corrected chi connectivity index (χ1v) is 11.6. The Morgan fingerprint density at radius 2 is 1.79 bits per heavy atom. The summed E-state index contributed by atoms with van der Waals surface area (Å²) >= 11 is 4.69. The van der Waals surface area contributed by atoms with Gasteiger partial charge in [0.05, 0.1) is 24.4 Å². The van der Waals surface area contributed by atoms with E-state index < -0.39 is 10.1 Å². The molecular formula is C23H23N5O3S2. The Morgan fingerprint density at radius 1 is 1.12 bits per heavy atom. The molecule has 0 unspecified atom stereocenters. The summed E-state index contributed by atoms with van der Waals surface area (Å²) in [6.45, 7) is 1.82. The monoisotopic (exact) mass is 481 g/mol. The van der Waals surface area contributed by atoms with E-state index in [4.69, 9.17) is 5.73 Å². The van der Waals surface area contributed by atoms with Gasteiger partial charge in [0.2, 0.25) is 0 Å². The predicted octanol–water partition coefficient (Wildman–Crippen LogP) is 2.50. The molecule has 0 aliphatic carbocycles. The van der Waals surface area contributed by atoms with Crippen LogP contribution < -0.4 is 15.6 Å². The van der Waals surface area contributed by atoms with Crippen LogP contribution in [0.4, 0.5) is 0 Å². The molecule has 33 heavy (non-hydrogen) atoms. The van der Waals surface area contributed by atoms with Crippen LogP contribution in [0.1, 0.15) is 11.1 Å². The van der Waals surface area contributed by atoms with E-state index >= 15 is 0 Å². The minimum Gasteiger partial charge on any atom is -0.744 e. The third-order valence-corrected chi connectivity index (χ3v) is 5.68. The van der Waals surface area contributed by atoms with Crippen LogP contribution in [0.25, 0.3) is 16.9 Å². The first-order chi connectivity index (χ1) is 15.6. The number of imidazole rings is 1. The van der Waals surface area contributed by atoms with Crippen molar-refractivity contribution in [2.45, 2.75) is 11.8 Å². The fraction of sp³-hybridized carbons (Fsp3) is 0.0870. The van der Waals surface area contributed by atoms with Crippen molar-refractivity contribution >= 4 is 39.3 Å². The first kappa shape index (κ1) is 24.1. The standard InChI is InChI=1S/C16H15N5S.C7H8O3S/c1-20-14(11-21-9-3-2-4-15(20)21)13-7-5-12(6-8-13)10-18-19-16(17)22;1-6-2-4-7(5-3-6)11(8,9)10/h2-11H,1H3,(H2-,17,19,22);2-5H,1H3,(H,8,9,10)/b18-10+;. The average Bonchev–Trinajstić information content (AvgIpc) is 3.11. The van der Waals surface area contributed by atoms with Gasteiger partial charge in [-0.25, -0.2) is 17.4 Å². The fourth-order valence-electron chi connectivity index (χ4n) is 3.07. The van der Waals surface area contributed by atoms with Crippen LogP contribution >= 0.6 is 12.2 Å². The summed E-state index contributed by atoms with van der Waals surface area (Å²) in [6.07, 6.45) is 5.84. The molecule has 3 N–H and O–H groups in total. The van der Waals surface area contributed by atoms with Gasteiger partial charge in [-0.2, -0.15) is 5.10 Å². The number of pyridine rings is 1. The molecule has 0 amide bonds. The molecule has 2 heterocycles. The Balaban J connectivity index is 0.000000235. The molecule has 0 aliphatic heterocycles. The van der Waals surface area contributed by atoms with E-state index in [1.54, 1.807) is 18.3 Å². The quantitative estimate of drug-likeness (QED) is 0.152. The van der Waals surface area contributed by atoms with Crippen LogP contribution in [-0.2, 0) is 17.2 Å². The van der Waals surface area contributed by atoms with Crippen molar-refractivity contribution in [3.8, 4) is 11.3 Å². The van der Waals surface area contributed by atoms with Crippen LogP contribution in [0.15, 0.2) is 89.1 Å². The minimum atomic E-state index is -4.27. The lowest BCUT2D eigenvalue weighted by atomic mass is 10.1. The first-order valence-electron chi connectivity index (χ1n) is 9.82. The number of fused-ring (bicyclic) bond motifs is 1. The zero-order valence-electron chi connectivity index (χ0n) is 18.0. The van der Waals surface area contributed by atoms with Crippen molar-refractivity contribution in [1.82, 2.24) is 9.99 Å². The summed E-state index contributed by atoms with van der Waals surface area (Å²) in [7, 11) is -2.21. The smallest absolute Gasteiger partial charge is 0.286 e. The third kappa shape index (κ3) is 6.45. The lowest BCUT2D eigenvalue weighted by Crippen LogP contribution is -2.23. The molecule has 10 heteroatoms. The second-order valence-electron chi connectivity index (χ2n) is 7.16. The summed E-state index contributed by atoms with van der Waals surface area (Å²) in [5, 5.41) is 4.10. The Kier molecular flexibility index (Phi) is 7.54. The number of hydrazone groups is 1. The lowest BCUT2D eigenvalue weighted by molar-refractivity contribution is -0.510. The molecule has 0 saturated carbocycles. The van der Waals surface area contributed by atoms with Gasteiger partial charge in [-0.3, -0.25) is 5.43 Å². The molecule has 0 saturated heterocycles. The van der Waals surface area contributed by atoms with Crippen LogP contribution in [0.5, 0.6) is 0 Å². The van der Waals surface area contributed by atoms with E-state index in [1.807, 2.05) is 37.4 Å². The number of thiocarbonyl (C=S) groups is 1. The molecule has 4 rings (SSSR count). The number of aryl methyl sites for hydroxylation is 2. The van der Waals surface area contributed by atoms with E-state index in [1.165, 1.54) is 12.1 Å². The predicted molar refractivity (Wildman–Crippen MR) is 131 cm³/mol. The molecular weight excluding hydrogens is 458 g/mol. The van der Waals surface area contributed by atoms with Gasteiger partial charge in [0.1, 0.15) is 16.3 Å². The second-order valence-corrected chi connectivity index (χ2v) is 8.98. The van der Waals surface area contributed by atoms with Gasteiger partial charge in [-0.05, 0) is 55.0 Å². The summed E-state index contributed by atoms with van der Waals surface area (Å²) < 4.78 is 35.4. The summed E-state index contributed by atoms with van der Waals surface area (Å²) in [5.41, 5.74) is 13.2. The molecule has 0 fully saturated rings. The number of nitrogens with one attached hydrogen (secondary N) is 1. The van der Waals surface area contributed by atoms with Gasteiger partial charge in [0.25, 0.3) is 5.65 Å². The van der Waals surface area contributed by atoms with Gasteiger partial charge in [-0.15, -0.1) is 0 Å². The van der Waals surface area contributed by atoms with Crippen molar-refractivity contribution in [3.05, 3.63) is 90.3 Å². The van der Waals surface area contributed by atoms with Gasteiger partial charge in [0.15, 0.2) is 10.8 Å². The maximum Gasteiger partial charge on any atom is 0.286 e. The Labute approximate surface area is 197 Å². The van der Waals surface area contributed by atoms with Crippen LogP contribution in [0.2, 0.25) is 0 Å². The number of rotatable bonds is 4. The average molecular weight is 482 g/mol. The number of hydrogen-bond donors (Lipinski definition) is 2. The molecule has 8 nitrogen and oxygen atoms in total. The highest BCUT2D eigenvalue weighted by atomic mass is 32.2. The topological polar surface area (TPSA) is 117 Å². The van der Waals surface area contributed by atoms with Crippen molar-refractivity contribution < 1.29 is 17.4 Å². The van der Waals surface area contributed by atoms with Crippen LogP contribution in [-0.4, -0.2) is 28.9 Å². The fourth-order valence-corrected chi connectivity index (χ4v) is 3.59. The zero-order chi connectivity index (χ0) is 24.0. The minimum absolute atomic E-state index is 0.153. The van der Waals surface area contributed by atoms with Crippen molar-refractivity contribution in [2.75, 3.05) is 0 Å². The molecule has 0 bridgehead atoms. The largest absolute Gasteiger partial charge is 0.744 e. The zero-order valence-corrected chi connectivity index (χ0v) is 19.7. The SMILES string of the molecule is Cc1ccc(S(=O)(=O)[O-])cc1.Cn1c(-c2ccc(/C=N/NC(N)=S)cc2)c[n+]2ccccc12. The molecule has 0 radical (unpaired) electrons. The number of nitrogens with two attached hydrogens (primary N) is 1. The Morgan fingerprint density at radius 3 is 2.36 bits per heavy atom. The van der Waals surface area contributed by atoms with Crippen LogP contribution in [0.3, 0.4) is 0 Å². The molecule has 2 aromatic heterocycles. The number of nitrogens with zero attached hydrogens (tertiary/aromatic N) is 3. The lowest BCUT2D eigenvalue weighted by Gasteiger charge is -2.05. The van der Waals surface area contributed by atoms with Gasteiger partial charge < -0.3 is 10.3 Å². The third-order valence-electron chi connectivity index (χ3n) is 4.74. The Bertz CT molecular complexity index is 1390. The number of hydrogen-bond acceptors (Lipinski definition) is 5. The second kappa shape index (κ2) is 10.3. The molecule has 2 aromatic carbocycles. The highest BCUT2D eigenvalue weighted by molar-refractivity contribution is 7.85. The van der Waals surface area contributed by atoms with Crippen molar-refractivity contribution in [3.63, 3.8) is 0 Å². The van der Waals surface area contributed by atoms with Crippen molar-refractivity contribution in [2.24, 2.45) is 17.9 Å². The van der Waals surface area contributed by atoms with E-state index in [0.717, 1.165) is 28.0 Å². The van der Waals surface area contributed by atoms with E-state index in [0.29, 0.717) is 0 Å². The summed E-state index contributed by atoms with van der Waals surface area (Å²) in [5.74, 6) is 0. The van der Waals surface area contributed by atoms with Crippen LogP contribution in [0, 0.1) is 6.92 Å². The molecule has 4 aromatic rings. The molecule has 170 valence electrons. The van der Waals surface area contributed by atoms with Gasteiger partial charge in [-0.1, -0.05) is 35.9 Å². The maximum absolute atomic E-state index is 10.4. The highest BCUT2D eigenvalue weighted by Gasteiger charge is 2.14. The van der Waals surface area contributed by atoms with Gasteiger partial charge >= 0.3 is 0 Å². The van der Waals surface area contributed by atoms with Crippen molar-refractivity contribution in [1.29, 1.82) is 0 Å². The highest BCUT2D eigenvalue weighted by Crippen LogP contribution is 2.19. The van der Waals surface area contributed by atoms with Gasteiger partial charge in [0, 0.05) is 11.6 Å². The van der Waals surface area contributed by atoms with E-state index in [-0.39, 0.29) is 10.0 Å².